The SMILES string of the molecule is O=C(NCc1nnc2ccccn12)c1cc(-c2cccs2)nc2ccccc12. The van der Waals surface area contributed by atoms with Gasteiger partial charge in [-0.2, -0.15) is 0 Å². The smallest absolute Gasteiger partial charge is 0.252 e. The molecular formula is C21H15N5OS. The van der Waals surface area contributed by atoms with Crippen LogP contribution in [0.4, 0.5) is 0 Å². The zero-order chi connectivity index (χ0) is 18.9. The quantitative estimate of drug-likeness (QED) is 0.509. The Hall–Kier alpha value is -3.58. The molecule has 0 saturated heterocycles. The maximum Gasteiger partial charge on any atom is 0.252 e. The fourth-order valence-corrected chi connectivity index (χ4v) is 3.87. The van der Waals surface area contributed by atoms with E-state index in [4.69, 9.17) is 4.98 Å². The van der Waals surface area contributed by atoms with Crippen molar-refractivity contribution >= 4 is 33.8 Å². The molecule has 1 aromatic carbocycles. The lowest BCUT2D eigenvalue weighted by atomic mass is 10.1. The molecule has 5 rings (SSSR count). The highest BCUT2D eigenvalue weighted by atomic mass is 32.1. The molecule has 1 N–H and O–H groups in total. The number of nitrogens with one attached hydrogen (secondary N) is 1. The summed E-state index contributed by atoms with van der Waals surface area (Å²) in [5.41, 5.74) is 2.95. The van der Waals surface area contributed by atoms with Crippen molar-refractivity contribution in [2.75, 3.05) is 0 Å². The third kappa shape index (κ3) is 2.91. The van der Waals surface area contributed by atoms with Gasteiger partial charge in [-0.05, 0) is 35.7 Å². The molecule has 0 aliphatic rings. The molecule has 0 atom stereocenters. The molecule has 5 aromatic rings. The number of nitrogens with zero attached hydrogens (tertiary/aromatic N) is 4. The van der Waals surface area contributed by atoms with E-state index in [-0.39, 0.29) is 12.5 Å². The van der Waals surface area contributed by atoms with Crippen molar-refractivity contribution in [1.29, 1.82) is 0 Å². The standard InChI is InChI=1S/C21H15N5OS/c27-21(22-13-20-25-24-19-9-3-4-10-26(19)20)15-12-17(18-8-5-11-28-18)23-16-7-2-1-6-14(15)16/h1-12H,13H2,(H,22,27). The maximum atomic E-state index is 13.0. The van der Waals surface area contributed by atoms with Crippen LogP contribution in [0.2, 0.25) is 0 Å². The number of aromatic nitrogens is 4. The van der Waals surface area contributed by atoms with Gasteiger partial charge >= 0.3 is 0 Å². The van der Waals surface area contributed by atoms with Crippen molar-refractivity contribution in [2.24, 2.45) is 0 Å². The Morgan fingerprint density at radius 1 is 1.04 bits per heavy atom. The third-order valence-corrected chi connectivity index (χ3v) is 5.42. The Balaban J connectivity index is 1.50. The summed E-state index contributed by atoms with van der Waals surface area (Å²) in [6.07, 6.45) is 1.88. The maximum absolute atomic E-state index is 13.0. The van der Waals surface area contributed by atoms with Crippen LogP contribution >= 0.6 is 11.3 Å². The van der Waals surface area contributed by atoms with E-state index in [1.807, 2.05) is 76.6 Å². The van der Waals surface area contributed by atoms with E-state index < -0.39 is 0 Å². The molecule has 0 unspecified atom stereocenters. The first-order valence-corrected chi connectivity index (χ1v) is 9.68. The number of carbonyl (C=O) groups is 1. The fraction of sp³-hybridized carbons (Fsp3) is 0.0476. The van der Waals surface area contributed by atoms with Crippen LogP contribution in [0.1, 0.15) is 16.2 Å². The minimum Gasteiger partial charge on any atom is -0.345 e. The number of rotatable bonds is 4. The second-order valence-electron chi connectivity index (χ2n) is 6.28. The zero-order valence-corrected chi connectivity index (χ0v) is 15.6. The number of fused-ring (bicyclic) bond motifs is 2. The summed E-state index contributed by atoms with van der Waals surface area (Å²) in [5.74, 6) is 0.518. The highest BCUT2D eigenvalue weighted by Crippen LogP contribution is 2.27. The Labute approximate surface area is 164 Å². The normalized spacial score (nSPS) is 11.1. The van der Waals surface area contributed by atoms with Crippen molar-refractivity contribution in [3.63, 3.8) is 0 Å². The van der Waals surface area contributed by atoms with Gasteiger partial charge in [0.05, 0.1) is 28.2 Å². The fourth-order valence-electron chi connectivity index (χ4n) is 3.18. The van der Waals surface area contributed by atoms with Gasteiger partial charge in [0.1, 0.15) is 0 Å². The summed E-state index contributed by atoms with van der Waals surface area (Å²) in [7, 11) is 0. The second-order valence-corrected chi connectivity index (χ2v) is 7.22. The number of para-hydroxylation sites is 1. The molecule has 7 heteroatoms. The molecule has 4 heterocycles. The summed E-state index contributed by atoms with van der Waals surface area (Å²) >= 11 is 1.60. The molecule has 1 amide bonds. The first-order valence-electron chi connectivity index (χ1n) is 8.80. The lowest BCUT2D eigenvalue weighted by molar-refractivity contribution is 0.0951. The zero-order valence-electron chi connectivity index (χ0n) is 14.7. The average molecular weight is 385 g/mol. The largest absolute Gasteiger partial charge is 0.345 e. The highest BCUT2D eigenvalue weighted by Gasteiger charge is 2.15. The predicted octanol–water partition coefficient (Wildman–Crippen LogP) is 3.94. The van der Waals surface area contributed by atoms with Gasteiger partial charge in [-0.25, -0.2) is 4.98 Å². The number of hydrogen-bond donors (Lipinski definition) is 1. The van der Waals surface area contributed by atoms with Crippen molar-refractivity contribution < 1.29 is 4.79 Å². The lowest BCUT2D eigenvalue weighted by Gasteiger charge is -2.09. The van der Waals surface area contributed by atoms with E-state index in [9.17, 15) is 4.79 Å². The third-order valence-electron chi connectivity index (χ3n) is 4.53. The van der Waals surface area contributed by atoms with Gasteiger partial charge in [-0.1, -0.05) is 30.3 Å². The Morgan fingerprint density at radius 2 is 1.93 bits per heavy atom. The Bertz CT molecular complexity index is 1290. The number of amides is 1. The van der Waals surface area contributed by atoms with Gasteiger partial charge < -0.3 is 5.32 Å². The molecule has 0 fully saturated rings. The van der Waals surface area contributed by atoms with Crippen molar-refractivity contribution in [3.05, 3.63) is 83.6 Å². The number of carbonyl (C=O) groups excluding carboxylic acids is 1. The van der Waals surface area contributed by atoms with Crippen LogP contribution in [0, 0.1) is 0 Å². The number of benzene rings is 1. The van der Waals surface area contributed by atoms with Gasteiger partial charge in [0, 0.05) is 11.6 Å². The summed E-state index contributed by atoms with van der Waals surface area (Å²) in [4.78, 5) is 18.8. The molecule has 0 bridgehead atoms. The molecular weight excluding hydrogens is 370 g/mol. The van der Waals surface area contributed by atoms with E-state index in [0.717, 1.165) is 27.1 Å². The van der Waals surface area contributed by atoms with Crippen LogP contribution in [0.5, 0.6) is 0 Å². The minimum absolute atomic E-state index is 0.163. The van der Waals surface area contributed by atoms with E-state index in [0.29, 0.717) is 11.4 Å². The highest BCUT2D eigenvalue weighted by molar-refractivity contribution is 7.13. The molecule has 136 valence electrons. The lowest BCUT2D eigenvalue weighted by Crippen LogP contribution is -2.24. The number of pyridine rings is 2. The molecule has 0 radical (unpaired) electrons. The summed E-state index contributed by atoms with van der Waals surface area (Å²) in [5, 5.41) is 14.1. The van der Waals surface area contributed by atoms with Gasteiger partial charge in [-0.15, -0.1) is 21.5 Å². The molecule has 4 aromatic heterocycles. The first-order chi connectivity index (χ1) is 13.8. The van der Waals surface area contributed by atoms with Gasteiger partial charge in [-0.3, -0.25) is 9.20 Å². The summed E-state index contributed by atoms with van der Waals surface area (Å²) in [6, 6.07) is 19.2. The average Bonchev–Trinajstić information content (AvgIpc) is 3.41. The molecule has 0 saturated carbocycles. The van der Waals surface area contributed by atoms with Crippen LogP contribution < -0.4 is 5.32 Å². The van der Waals surface area contributed by atoms with E-state index in [2.05, 4.69) is 15.5 Å². The Morgan fingerprint density at radius 3 is 2.82 bits per heavy atom. The van der Waals surface area contributed by atoms with Gasteiger partial charge in [0.25, 0.3) is 5.91 Å². The van der Waals surface area contributed by atoms with Crippen molar-refractivity contribution in [1.82, 2.24) is 24.9 Å². The van der Waals surface area contributed by atoms with Crippen molar-refractivity contribution in [3.8, 4) is 10.6 Å². The van der Waals surface area contributed by atoms with E-state index >= 15 is 0 Å². The summed E-state index contributed by atoms with van der Waals surface area (Å²) in [6.45, 7) is 0.287. The minimum atomic E-state index is -0.163. The van der Waals surface area contributed by atoms with Crippen LogP contribution in [0.25, 0.3) is 27.1 Å². The predicted molar refractivity (Wildman–Crippen MR) is 109 cm³/mol. The van der Waals surface area contributed by atoms with Crippen LogP contribution in [-0.2, 0) is 6.54 Å². The monoisotopic (exact) mass is 385 g/mol. The van der Waals surface area contributed by atoms with Gasteiger partial charge in [0.2, 0.25) is 0 Å². The van der Waals surface area contributed by atoms with Crippen LogP contribution in [-0.4, -0.2) is 25.5 Å². The molecule has 6 nitrogen and oxygen atoms in total. The van der Waals surface area contributed by atoms with E-state index in [1.165, 1.54) is 0 Å². The van der Waals surface area contributed by atoms with E-state index in [1.54, 1.807) is 11.3 Å². The molecule has 0 spiro atoms. The van der Waals surface area contributed by atoms with Crippen molar-refractivity contribution in [2.45, 2.75) is 6.54 Å². The topological polar surface area (TPSA) is 72.2 Å². The van der Waals surface area contributed by atoms with Crippen LogP contribution in [0.15, 0.2) is 72.2 Å². The molecule has 28 heavy (non-hydrogen) atoms. The van der Waals surface area contributed by atoms with Crippen LogP contribution in [0.3, 0.4) is 0 Å². The Kier molecular flexibility index (Phi) is 4.06. The summed E-state index contributed by atoms with van der Waals surface area (Å²) < 4.78 is 1.86. The second kappa shape index (κ2) is 6.86. The molecule has 0 aliphatic carbocycles. The van der Waals surface area contributed by atoms with Gasteiger partial charge in [0.15, 0.2) is 11.5 Å². The number of hydrogen-bond acceptors (Lipinski definition) is 5. The molecule has 0 aliphatic heterocycles. The number of thiophene rings is 1. The first kappa shape index (κ1) is 16.6.